The minimum Gasteiger partial charge on any atom is -0.300 e. The molecule has 0 atom stereocenters. The summed E-state index contributed by atoms with van der Waals surface area (Å²) in [5.41, 5.74) is 1.11. The lowest BCUT2D eigenvalue weighted by Gasteiger charge is -2.06. The van der Waals surface area contributed by atoms with E-state index in [-0.39, 0.29) is 0 Å². The Morgan fingerprint density at radius 1 is 1.17 bits per heavy atom. The molecular formula is C14H19N3S. The van der Waals surface area contributed by atoms with Gasteiger partial charge in [-0.2, -0.15) is 5.10 Å². The van der Waals surface area contributed by atoms with Crippen molar-refractivity contribution in [1.82, 2.24) is 14.8 Å². The van der Waals surface area contributed by atoms with Crippen LogP contribution in [0.15, 0.2) is 30.3 Å². The number of nitrogens with zero attached hydrogens (tertiary/aromatic N) is 2. The van der Waals surface area contributed by atoms with Crippen LogP contribution in [0.3, 0.4) is 0 Å². The Bertz CT molecular complexity index is 527. The molecule has 0 aliphatic heterocycles. The van der Waals surface area contributed by atoms with Gasteiger partial charge in [0.1, 0.15) is 0 Å². The summed E-state index contributed by atoms with van der Waals surface area (Å²) in [7, 11) is 0. The number of aromatic amines is 1. The summed E-state index contributed by atoms with van der Waals surface area (Å²) in [6.45, 7) is 3.17. The van der Waals surface area contributed by atoms with Crippen molar-refractivity contribution in [2.75, 3.05) is 0 Å². The molecule has 0 aliphatic rings. The Balaban J connectivity index is 2.15. The molecule has 0 saturated heterocycles. The van der Waals surface area contributed by atoms with Gasteiger partial charge in [0.15, 0.2) is 10.6 Å². The molecule has 4 heteroatoms. The number of aromatic nitrogens is 3. The van der Waals surface area contributed by atoms with Gasteiger partial charge in [-0.3, -0.25) is 5.10 Å². The zero-order chi connectivity index (χ0) is 12.8. The van der Waals surface area contributed by atoms with E-state index in [1.54, 1.807) is 0 Å². The molecule has 2 rings (SSSR count). The number of hydrogen-bond acceptors (Lipinski definition) is 2. The third-order valence-electron chi connectivity index (χ3n) is 3.03. The number of hydrogen-bond donors (Lipinski definition) is 1. The topological polar surface area (TPSA) is 33.6 Å². The van der Waals surface area contributed by atoms with E-state index in [2.05, 4.69) is 33.8 Å². The minimum absolute atomic E-state index is 0.713. The van der Waals surface area contributed by atoms with E-state index in [4.69, 9.17) is 12.2 Å². The van der Waals surface area contributed by atoms with Gasteiger partial charge in [0.25, 0.3) is 0 Å². The lowest BCUT2D eigenvalue weighted by atomic mass is 10.2. The van der Waals surface area contributed by atoms with Crippen molar-refractivity contribution in [3.05, 3.63) is 35.1 Å². The Kier molecular flexibility index (Phi) is 4.70. The maximum absolute atomic E-state index is 5.30. The molecule has 1 N–H and O–H groups in total. The average molecular weight is 261 g/mol. The van der Waals surface area contributed by atoms with Crippen LogP contribution < -0.4 is 0 Å². The molecular weight excluding hydrogens is 242 g/mol. The van der Waals surface area contributed by atoms with Crippen molar-refractivity contribution < 1.29 is 0 Å². The third-order valence-corrected chi connectivity index (χ3v) is 3.34. The van der Waals surface area contributed by atoms with Gasteiger partial charge in [0.05, 0.1) is 0 Å². The number of H-pyrrole nitrogens is 1. The molecule has 0 aliphatic carbocycles. The fourth-order valence-corrected chi connectivity index (χ4v) is 2.25. The zero-order valence-corrected chi connectivity index (χ0v) is 11.5. The van der Waals surface area contributed by atoms with Crippen LogP contribution in [-0.4, -0.2) is 14.8 Å². The Morgan fingerprint density at radius 2 is 1.94 bits per heavy atom. The first-order valence-corrected chi connectivity index (χ1v) is 6.94. The fraction of sp³-hybridized carbons (Fsp3) is 0.429. The predicted molar refractivity (Wildman–Crippen MR) is 77.0 cm³/mol. The Labute approximate surface area is 113 Å². The lowest BCUT2D eigenvalue weighted by Crippen LogP contribution is -2.01. The highest BCUT2D eigenvalue weighted by atomic mass is 32.1. The van der Waals surface area contributed by atoms with Crippen molar-refractivity contribution in [1.29, 1.82) is 0 Å². The Morgan fingerprint density at radius 3 is 2.67 bits per heavy atom. The third kappa shape index (κ3) is 3.07. The molecule has 0 unspecified atom stereocenters. The summed E-state index contributed by atoms with van der Waals surface area (Å²) < 4.78 is 2.81. The van der Waals surface area contributed by atoms with Crippen LogP contribution in [0, 0.1) is 4.77 Å². The van der Waals surface area contributed by atoms with Gasteiger partial charge in [-0.1, -0.05) is 56.5 Å². The Hall–Kier alpha value is -1.42. The van der Waals surface area contributed by atoms with E-state index in [0.29, 0.717) is 4.77 Å². The van der Waals surface area contributed by atoms with Crippen molar-refractivity contribution in [3.8, 4) is 11.4 Å². The second-order valence-electron chi connectivity index (χ2n) is 4.43. The van der Waals surface area contributed by atoms with Crippen molar-refractivity contribution in [3.63, 3.8) is 0 Å². The summed E-state index contributed by atoms with van der Waals surface area (Å²) in [4.78, 5) is 0. The van der Waals surface area contributed by atoms with E-state index >= 15 is 0 Å². The second kappa shape index (κ2) is 6.50. The molecule has 0 spiro atoms. The average Bonchev–Trinajstić information content (AvgIpc) is 2.77. The molecule has 0 amide bonds. The van der Waals surface area contributed by atoms with Crippen LogP contribution in [0.25, 0.3) is 11.4 Å². The molecule has 1 aromatic heterocycles. The molecule has 0 bridgehead atoms. The van der Waals surface area contributed by atoms with E-state index in [9.17, 15) is 0 Å². The smallest absolute Gasteiger partial charge is 0.195 e. The van der Waals surface area contributed by atoms with Gasteiger partial charge in [-0.05, 0) is 18.6 Å². The van der Waals surface area contributed by atoms with Gasteiger partial charge in [0.2, 0.25) is 0 Å². The van der Waals surface area contributed by atoms with Crippen LogP contribution in [0.5, 0.6) is 0 Å². The van der Waals surface area contributed by atoms with Crippen molar-refractivity contribution >= 4 is 12.2 Å². The number of nitrogens with one attached hydrogen (secondary N) is 1. The summed E-state index contributed by atoms with van der Waals surface area (Å²) in [6.07, 6.45) is 4.94. The second-order valence-corrected chi connectivity index (χ2v) is 4.82. The number of rotatable bonds is 6. The maximum atomic E-state index is 5.30. The molecule has 0 saturated carbocycles. The molecule has 96 valence electrons. The largest absolute Gasteiger partial charge is 0.300 e. The van der Waals surface area contributed by atoms with Gasteiger partial charge in [-0.25, -0.2) is 0 Å². The molecule has 3 nitrogen and oxygen atoms in total. The summed E-state index contributed by atoms with van der Waals surface area (Å²) >= 11 is 5.30. The highest BCUT2D eigenvalue weighted by Crippen LogP contribution is 2.17. The van der Waals surface area contributed by atoms with E-state index in [0.717, 1.165) is 24.4 Å². The monoisotopic (exact) mass is 261 g/mol. The quantitative estimate of drug-likeness (QED) is 0.625. The fourth-order valence-electron chi connectivity index (χ4n) is 2.03. The normalized spacial score (nSPS) is 10.7. The molecule has 0 fully saturated rings. The lowest BCUT2D eigenvalue weighted by molar-refractivity contribution is 0.581. The van der Waals surface area contributed by atoms with Crippen LogP contribution in [0.1, 0.15) is 32.6 Å². The van der Waals surface area contributed by atoms with Crippen LogP contribution in [0.2, 0.25) is 0 Å². The van der Waals surface area contributed by atoms with Crippen molar-refractivity contribution in [2.45, 2.75) is 39.2 Å². The van der Waals surface area contributed by atoms with Gasteiger partial charge < -0.3 is 4.57 Å². The SMILES string of the molecule is CCCCCCn1c(-c2ccccc2)n[nH]c1=S. The van der Waals surface area contributed by atoms with E-state index in [1.807, 2.05) is 18.2 Å². The van der Waals surface area contributed by atoms with Crippen LogP contribution in [-0.2, 0) is 6.54 Å². The molecule has 2 aromatic rings. The van der Waals surface area contributed by atoms with E-state index < -0.39 is 0 Å². The first kappa shape index (κ1) is 13.0. The number of benzene rings is 1. The predicted octanol–water partition coefficient (Wildman–Crippen LogP) is 4.19. The van der Waals surface area contributed by atoms with Crippen molar-refractivity contribution in [2.24, 2.45) is 0 Å². The summed E-state index contributed by atoms with van der Waals surface area (Å²) in [5, 5.41) is 7.22. The summed E-state index contributed by atoms with van der Waals surface area (Å²) in [5.74, 6) is 0.942. The number of unbranched alkanes of at least 4 members (excludes halogenated alkanes) is 3. The van der Waals surface area contributed by atoms with Gasteiger partial charge in [0, 0.05) is 12.1 Å². The van der Waals surface area contributed by atoms with Gasteiger partial charge in [-0.15, -0.1) is 0 Å². The molecule has 1 aromatic carbocycles. The summed E-state index contributed by atoms with van der Waals surface area (Å²) in [6, 6.07) is 10.2. The standard InChI is InChI=1S/C14H19N3S/c1-2-3-4-8-11-17-13(15-16-14(17)18)12-9-6-5-7-10-12/h5-7,9-10H,2-4,8,11H2,1H3,(H,16,18). The van der Waals surface area contributed by atoms with E-state index in [1.165, 1.54) is 19.3 Å². The van der Waals surface area contributed by atoms with Crippen LogP contribution in [0.4, 0.5) is 0 Å². The minimum atomic E-state index is 0.713. The molecule has 1 heterocycles. The van der Waals surface area contributed by atoms with Gasteiger partial charge >= 0.3 is 0 Å². The zero-order valence-electron chi connectivity index (χ0n) is 10.7. The highest BCUT2D eigenvalue weighted by molar-refractivity contribution is 7.71. The molecule has 0 radical (unpaired) electrons. The first-order chi connectivity index (χ1) is 8.83. The molecule has 18 heavy (non-hydrogen) atoms. The van der Waals surface area contributed by atoms with Crippen LogP contribution >= 0.6 is 12.2 Å². The highest BCUT2D eigenvalue weighted by Gasteiger charge is 2.07. The first-order valence-electron chi connectivity index (χ1n) is 6.53. The maximum Gasteiger partial charge on any atom is 0.195 e.